The van der Waals surface area contributed by atoms with E-state index >= 15 is 0 Å². The fourth-order valence-corrected chi connectivity index (χ4v) is 2.32. The first-order chi connectivity index (χ1) is 7.49. The molecule has 1 fully saturated rings. The molecule has 1 saturated carbocycles. The first-order valence-corrected chi connectivity index (χ1v) is 6.38. The third-order valence-electron chi connectivity index (χ3n) is 3.35. The van der Waals surface area contributed by atoms with Crippen LogP contribution in [-0.2, 0) is 9.53 Å². The smallest absolute Gasteiger partial charge is 0.320 e. The van der Waals surface area contributed by atoms with Crippen LogP contribution in [0.1, 0.15) is 46.5 Å². The first kappa shape index (κ1) is 13.5. The molecule has 0 N–H and O–H groups in total. The fraction of sp³-hybridized carbons (Fsp3) is 0.923. The lowest BCUT2D eigenvalue weighted by Crippen LogP contribution is -2.39. The number of hydrogen-bond donors (Lipinski definition) is 0. The zero-order valence-corrected chi connectivity index (χ0v) is 11.0. The number of nitrogens with zero attached hydrogens (tertiary/aromatic N) is 1. The topological polar surface area (TPSA) is 29.5 Å². The van der Waals surface area contributed by atoms with E-state index in [0.29, 0.717) is 12.6 Å². The van der Waals surface area contributed by atoms with Gasteiger partial charge < -0.3 is 4.74 Å². The average Bonchev–Trinajstić information content (AvgIpc) is 2.16. The van der Waals surface area contributed by atoms with E-state index < -0.39 is 0 Å². The van der Waals surface area contributed by atoms with Crippen LogP contribution in [0.2, 0.25) is 0 Å². The standard InChI is InChI=1S/C13H25NO2/c1-10(2)16-13(15)9-14(4)12-7-5-11(3)6-8-12/h10-12H,5-9H2,1-4H3. The highest BCUT2D eigenvalue weighted by molar-refractivity contribution is 5.71. The lowest BCUT2D eigenvalue weighted by molar-refractivity contribution is -0.149. The fourth-order valence-electron chi connectivity index (χ4n) is 2.32. The Morgan fingerprint density at radius 2 is 1.88 bits per heavy atom. The summed E-state index contributed by atoms with van der Waals surface area (Å²) in [6, 6.07) is 0.566. The molecule has 0 saturated heterocycles. The maximum atomic E-state index is 11.5. The Balaban J connectivity index is 2.29. The Hall–Kier alpha value is -0.570. The monoisotopic (exact) mass is 227 g/mol. The molecule has 3 heteroatoms. The highest BCUT2D eigenvalue weighted by Gasteiger charge is 2.23. The highest BCUT2D eigenvalue weighted by atomic mass is 16.5. The van der Waals surface area contributed by atoms with Crippen LogP contribution in [0, 0.1) is 5.92 Å². The van der Waals surface area contributed by atoms with E-state index in [-0.39, 0.29) is 12.1 Å². The molecule has 0 aromatic carbocycles. The van der Waals surface area contributed by atoms with Gasteiger partial charge in [0.05, 0.1) is 12.6 Å². The Kier molecular flexibility index (Phi) is 5.26. The van der Waals surface area contributed by atoms with Crippen LogP contribution in [0.4, 0.5) is 0 Å². The van der Waals surface area contributed by atoms with Crippen molar-refractivity contribution in [2.24, 2.45) is 5.92 Å². The largest absolute Gasteiger partial charge is 0.462 e. The Morgan fingerprint density at radius 1 is 1.31 bits per heavy atom. The molecule has 0 atom stereocenters. The van der Waals surface area contributed by atoms with Crippen molar-refractivity contribution in [3.05, 3.63) is 0 Å². The molecule has 0 aliphatic heterocycles. The van der Waals surface area contributed by atoms with Gasteiger partial charge in [0.15, 0.2) is 0 Å². The van der Waals surface area contributed by atoms with Crippen LogP contribution in [-0.4, -0.2) is 36.6 Å². The number of carbonyl (C=O) groups excluding carboxylic acids is 1. The summed E-state index contributed by atoms with van der Waals surface area (Å²) in [6.07, 6.45) is 4.99. The quantitative estimate of drug-likeness (QED) is 0.691. The number of hydrogen-bond acceptors (Lipinski definition) is 3. The summed E-state index contributed by atoms with van der Waals surface area (Å²) in [6.45, 7) is 6.51. The van der Waals surface area contributed by atoms with Crippen LogP contribution in [0.25, 0.3) is 0 Å². The van der Waals surface area contributed by atoms with Crippen LogP contribution in [0.15, 0.2) is 0 Å². The van der Waals surface area contributed by atoms with Gasteiger partial charge in [0.2, 0.25) is 0 Å². The van der Waals surface area contributed by atoms with E-state index in [1.807, 2.05) is 20.9 Å². The third kappa shape index (κ3) is 4.52. The van der Waals surface area contributed by atoms with Gasteiger partial charge in [-0.15, -0.1) is 0 Å². The van der Waals surface area contributed by atoms with Crippen LogP contribution >= 0.6 is 0 Å². The molecule has 0 spiro atoms. The van der Waals surface area contributed by atoms with Gasteiger partial charge in [-0.1, -0.05) is 6.92 Å². The number of ether oxygens (including phenoxy) is 1. The first-order valence-electron chi connectivity index (χ1n) is 6.38. The summed E-state index contributed by atoms with van der Waals surface area (Å²) in [4.78, 5) is 13.7. The minimum Gasteiger partial charge on any atom is -0.462 e. The van der Waals surface area contributed by atoms with Crippen LogP contribution < -0.4 is 0 Å². The molecule has 0 radical (unpaired) electrons. The van der Waals surface area contributed by atoms with Crippen molar-refractivity contribution in [1.29, 1.82) is 0 Å². The van der Waals surface area contributed by atoms with Gasteiger partial charge in [-0.2, -0.15) is 0 Å². The van der Waals surface area contributed by atoms with Gasteiger partial charge in [0, 0.05) is 6.04 Å². The third-order valence-corrected chi connectivity index (χ3v) is 3.35. The molecular weight excluding hydrogens is 202 g/mol. The maximum absolute atomic E-state index is 11.5. The van der Waals surface area contributed by atoms with Crippen molar-refractivity contribution in [3.63, 3.8) is 0 Å². The van der Waals surface area contributed by atoms with Gasteiger partial charge in [-0.05, 0) is 52.5 Å². The summed E-state index contributed by atoms with van der Waals surface area (Å²) in [5.41, 5.74) is 0. The number of rotatable bonds is 4. The predicted octanol–water partition coefficient (Wildman–Crippen LogP) is 2.45. The van der Waals surface area contributed by atoms with Gasteiger partial charge in [-0.25, -0.2) is 0 Å². The van der Waals surface area contributed by atoms with Crippen molar-refractivity contribution in [1.82, 2.24) is 4.90 Å². The minimum atomic E-state index is -0.101. The summed E-state index contributed by atoms with van der Waals surface area (Å²) in [5, 5.41) is 0. The Bertz CT molecular complexity index is 220. The van der Waals surface area contributed by atoms with E-state index in [9.17, 15) is 4.79 Å². The molecule has 0 aromatic heterocycles. The minimum absolute atomic E-state index is 0.00715. The van der Waals surface area contributed by atoms with E-state index in [4.69, 9.17) is 4.74 Å². The lowest BCUT2D eigenvalue weighted by Gasteiger charge is -2.33. The number of carbonyl (C=O) groups is 1. The molecule has 0 amide bonds. The maximum Gasteiger partial charge on any atom is 0.320 e. The molecule has 94 valence electrons. The van der Waals surface area contributed by atoms with E-state index in [1.165, 1.54) is 25.7 Å². The van der Waals surface area contributed by atoms with Crippen molar-refractivity contribution < 1.29 is 9.53 Å². The Morgan fingerprint density at radius 3 is 2.38 bits per heavy atom. The molecule has 16 heavy (non-hydrogen) atoms. The van der Waals surface area contributed by atoms with E-state index in [1.54, 1.807) is 0 Å². The summed E-state index contributed by atoms with van der Waals surface area (Å²) in [7, 11) is 2.03. The molecule has 0 aromatic rings. The molecule has 0 heterocycles. The summed E-state index contributed by atoms with van der Waals surface area (Å²) < 4.78 is 5.15. The molecular formula is C13H25NO2. The molecule has 0 unspecified atom stereocenters. The molecule has 3 nitrogen and oxygen atoms in total. The molecule has 0 bridgehead atoms. The summed E-state index contributed by atoms with van der Waals surface area (Å²) >= 11 is 0. The van der Waals surface area contributed by atoms with Crippen LogP contribution in [0.5, 0.6) is 0 Å². The van der Waals surface area contributed by atoms with Crippen LogP contribution in [0.3, 0.4) is 0 Å². The van der Waals surface area contributed by atoms with Gasteiger partial charge in [0.25, 0.3) is 0 Å². The Labute approximate surface area is 99.1 Å². The van der Waals surface area contributed by atoms with E-state index in [2.05, 4.69) is 11.8 Å². The zero-order valence-electron chi connectivity index (χ0n) is 11.0. The second kappa shape index (κ2) is 6.24. The second-order valence-corrected chi connectivity index (χ2v) is 5.37. The normalized spacial score (nSPS) is 26.1. The highest BCUT2D eigenvalue weighted by Crippen LogP contribution is 2.26. The predicted molar refractivity (Wildman–Crippen MR) is 65.3 cm³/mol. The molecule has 1 aliphatic carbocycles. The van der Waals surface area contributed by atoms with Gasteiger partial charge in [0.1, 0.15) is 0 Å². The van der Waals surface area contributed by atoms with Crippen molar-refractivity contribution >= 4 is 5.97 Å². The summed E-state index contributed by atoms with van der Waals surface area (Å²) in [5.74, 6) is 0.753. The lowest BCUT2D eigenvalue weighted by atomic mass is 9.87. The van der Waals surface area contributed by atoms with Gasteiger partial charge in [-0.3, -0.25) is 9.69 Å². The number of esters is 1. The van der Waals surface area contributed by atoms with Crippen molar-refractivity contribution in [2.45, 2.75) is 58.6 Å². The molecule has 1 aliphatic rings. The SMILES string of the molecule is CC1CCC(N(C)CC(=O)OC(C)C)CC1. The van der Waals surface area contributed by atoms with E-state index in [0.717, 1.165) is 5.92 Å². The second-order valence-electron chi connectivity index (χ2n) is 5.37. The van der Waals surface area contributed by atoms with Crippen molar-refractivity contribution in [2.75, 3.05) is 13.6 Å². The van der Waals surface area contributed by atoms with Crippen molar-refractivity contribution in [3.8, 4) is 0 Å². The average molecular weight is 227 g/mol. The molecule has 1 rings (SSSR count). The zero-order chi connectivity index (χ0) is 12.1. The number of likely N-dealkylation sites (N-methyl/N-ethyl adjacent to an activating group) is 1. The van der Waals surface area contributed by atoms with Gasteiger partial charge >= 0.3 is 5.97 Å².